The minimum Gasteiger partial charge on any atom is -0.481 e. The normalized spacial score (nSPS) is 13.9. The van der Waals surface area contributed by atoms with E-state index < -0.39 is 58.6 Å². The summed E-state index contributed by atoms with van der Waals surface area (Å²) in [4.78, 5) is 68.2. The first-order valence-electron chi connectivity index (χ1n) is 14.2. The van der Waals surface area contributed by atoms with Crippen LogP contribution in [0.3, 0.4) is 0 Å². The minimum absolute atomic E-state index is 0.0108. The first-order valence-corrected chi connectivity index (χ1v) is 16.0. The van der Waals surface area contributed by atoms with Gasteiger partial charge in [0.15, 0.2) is 0 Å². The number of aliphatic imine (C=N–C) groups is 1. The van der Waals surface area contributed by atoms with E-state index in [0.29, 0.717) is 11.3 Å². The Bertz CT molecular complexity index is 1380. The maximum absolute atomic E-state index is 13.6. The van der Waals surface area contributed by atoms with E-state index in [1.165, 1.54) is 32.1 Å². The van der Waals surface area contributed by atoms with Crippen molar-refractivity contribution >= 4 is 46.3 Å². The van der Waals surface area contributed by atoms with Gasteiger partial charge in [0.05, 0.1) is 12.3 Å². The van der Waals surface area contributed by atoms with Gasteiger partial charge in [-0.25, -0.2) is 0 Å². The Morgan fingerprint density at radius 3 is 2.09 bits per heavy atom. The van der Waals surface area contributed by atoms with Gasteiger partial charge in [-0.3, -0.25) is 33.2 Å². The van der Waals surface area contributed by atoms with E-state index in [0.717, 1.165) is 5.56 Å². The number of carbonyl (C=O) groups excluding carboxylic acids is 4. The number of benzene rings is 2. The largest absolute Gasteiger partial charge is 0.481 e. The number of ether oxygens (including phenoxy) is 1. The number of hydrogen-bond donors (Lipinski definition) is 4. The van der Waals surface area contributed by atoms with E-state index in [1.807, 2.05) is 6.07 Å². The summed E-state index contributed by atoms with van der Waals surface area (Å²) in [6.45, 7) is 2.74. The zero-order valence-electron chi connectivity index (χ0n) is 25.9. The van der Waals surface area contributed by atoms with Crippen LogP contribution in [0.4, 0.5) is 0 Å². The van der Waals surface area contributed by atoms with Crippen LogP contribution in [0.1, 0.15) is 37.8 Å². The molecular formula is C31H41N5O8S. The van der Waals surface area contributed by atoms with Crippen molar-refractivity contribution in [3.05, 3.63) is 65.7 Å². The fraction of sp³-hybridized carbons (Fsp3) is 0.419. The number of carboxylic acids is 1. The van der Waals surface area contributed by atoms with Crippen LogP contribution in [0.2, 0.25) is 0 Å². The highest BCUT2D eigenvalue weighted by molar-refractivity contribution is 7.84. The second kappa shape index (κ2) is 18.3. The van der Waals surface area contributed by atoms with Crippen LogP contribution in [-0.4, -0.2) is 93.4 Å². The summed E-state index contributed by atoms with van der Waals surface area (Å²) in [6.07, 6.45) is 1.44. The van der Waals surface area contributed by atoms with E-state index in [1.54, 1.807) is 48.5 Å². The first-order chi connectivity index (χ1) is 21.2. The molecule has 0 aliphatic carbocycles. The number of nitrogens with zero attached hydrogens (tertiary/aromatic N) is 2. The molecule has 0 bridgehead atoms. The van der Waals surface area contributed by atoms with E-state index in [9.17, 15) is 28.2 Å². The molecule has 0 fully saturated rings. The number of esters is 1. The van der Waals surface area contributed by atoms with Crippen molar-refractivity contribution in [1.29, 1.82) is 0 Å². The van der Waals surface area contributed by atoms with Crippen LogP contribution in [0.15, 0.2) is 59.6 Å². The number of rotatable bonds is 17. The molecule has 4 atom stereocenters. The van der Waals surface area contributed by atoms with Gasteiger partial charge in [-0.2, -0.15) is 0 Å². The predicted octanol–water partition coefficient (Wildman–Crippen LogP) is 0.814. The monoisotopic (exact) mass is 643 g/mol. The molecule has 0 radical (unpaired) electrons. The van der Waals surface area contributed by atoms with Crippen LogP contribution in [0.5, 0.6) is 5.75 Å². The molecule has 14 heteroatoms. The molecule has 2 aromatic rings. The number of amides is 3. The van der Waals surface area contributed by atoms with Crippen molar-refractivity contribution in [2.24, 2.45) is 10.7 Å². The average molecular weight is 644 g/mol. The summed E-state index contributed by atoms with van der Waals surface area (Å²) in [7, 11) is 0.161. The molecular weight excluding hydrogens is 602 g/mol. The SMILES string of the molecule is CC(=O)Oc1ccc(C[C@H](N=C(C)N)C(=O)N[C@@H](CCS(C)=O)C(=O)N[C@@H](Cc2ccccc2)C(=O)N(C)CCC(=O)O)cc1. The van der Waals surface area contributed by atoms with Gasteiger partial charge in [0.25, 0.3) is 0 Å². The Morgan fingerprint density at radius 2 is 1.53 bits per heavy atom. The predicted molar refractivity (Wildman–Crippen MR) is 170 cm³/mol. The maximum atomic E-state index is 13.6. The lowest BCUT2D eigenvalue weighted by Gasteiger charge is -2.27. The Hall–Kier alpha value is -4.59. The molecule has 2 aromatic carbocycles. The van der Waals surface area contributed by atoms with Gasteiger partial charge in [-0.1, -0.05) is 42.5 Å². The van der Waals surface area contributed by atoms with Crippen molar-refractivity contribution in [2.45, 2.75) is 57.7 Å². The Morgan fingerprint density at radius 1 is 0.933 bits per heavy atom. The fourth-order valence-electron chi connectivity index (χ4n) is 4.31. The molecule has 0 heterocycles. The average Bonchev–Trinajstić information content (AvgIpc) is 2.97. The van der Waals surface area contributed by atoms with Crippen LogP contribution >= 0.6 is 0 Å². The molecule has 5 N–H and O–H groups in total. The van der Waals surface area contributed by atoms with Gasteiger partial charge in [-0.15, -0.1) is 0 Å². The lowest BCUT2D eigenvalue weighted by atomic mass is 10.0. The third kappa shape index (κ3) is 13.7. The molecule has 244 valence electrons. The number of hydrogen-bond acceptors (Lipinski definition) is 8. The van der Waals surface area contributed by atoms with Crippen molar-refractivity contribution < 1.29 is 38.0 Å². The molecule has 3 amide bonds. The number of aliphatic carboxylic acids is 1. The van der Waals surface area contributed by atoms with Crippen molar-refractivity contribution in [1.82, 2.24) is 15.5 Å². The molecule has 2 rings (SSSR count). The Balaban J connectivity index is 2.29. The van der Waals surface area contributed by atoms with Gasteiger partial charge < -0.3 is 31.1 Å². The lowest BCUT2D eigenvalue weighted by molar-refractivity contribution is -0.140. The van der Waals surface area contributed by atoms with Gasteiger partial charge >= 0.3 is 11.9 Å². The molecule has 13 nitrogen and oxygen atoms in total. The third-order valence-corrected chi connectivity index (χ3v) is 7.35. The quantitative estimate of drug-likeness (QED) is 0.0834. The van der Waals surface area contributed by atoms with Crippen LogP contribution in [0.25, 0.3) is 0 Å². The third-order valence-electron chi connectivity index (χ3n) is 6.54. The molecule has 0 spiro atoms. The van der Waals surface area contributed by atoms with Gasteiger partial charge in [0.2, 0.25) is 17.7 Å². The van der Waals surface area contributed by atoms with Crippen LogP contribution in [-0.2, 0) is 47.6 Å². The summed E-state index contributed by atoms with van der Waals surface area (Å²) in [5.41, 5.74) is 7.25. The molecule has 0 aromatic heterocycles. The summed E-state index contributed by atoms with van der Waals surface area (Å²) in [5, 5.41) is 14.5. The molecule has 0 aliphatic heterocycles. The van der Waals surface area contributed by atoms with Gasteiger partial charge in [-0.05, 0) is 36.6 Å². The van der Waals surface area contributed by atoms with E-state index in [4.69, 9.17) is 15.6 Å². The summed E-state index contributed by atoms with van der Waals surface area (Å²) >= 11 is 0. The maximum Gasteiger partial charge on any atom is 0.308 e. The summed E-state index contributed by atoms with van der Waals surface area (Å²) in [6, 6.07) is 12.2. The molecule has 1 unspecified atom stereocenters. The highest BCUT2D eigenvalue weighted by Crippen LogP contribution is 2.15. The van der Waals surface area contributed by atoms with Gasteiger partial charge in [0.1, 0.15) is 23.9 Å². The second-order valence-corrected chi connectivity index (χ2v) is 12.1. The zero-order valence-corrected chi connectivity index (χ0v) is 26.7. The fourth-order valence-corrected chi connectivity index (χ4v) is 4.88. The van der Waals surface area contributed by atoms with E-state index >= 15 is 0 Å². The molecule has 45 heavy (non-hydrogen) atoms. The smallest absolute Gasteiger partial charge is 0.308 e. The Labute approximate surface area is 265 Å². The van der Waals surface area contributed by atoms with Crippen LogP contribution in [0, 0.1) is 0 Å². The van der Waals surface area contributed by atoms with Crippen molar-refractivity contribution in [2.75, 3.05) is 25.6 Å². The number of carboxylic acid groups (broad SMARTS) is 1. The van der Waals surface area contributed by atoms with E-state index in [2.05, 4.69) is 15.6 Å². The number of amidine groups is 1. The number of carbonyl (C=O) groups is 5. The van der Waals surface area contributed by atoms with Gasteiger partial charge in [0, 0.05) is 56.2 Å². The topological polar surface area (TPSA) is 198 Å². The Kier molecular flexibility index (Phi) is 14.9. The highest BCUT2D eigenvalue weighted by atomic mass is 32.2. The standard InChI is InChI=1S/C31H41N5O8S/c1-20(32)33-26(18-23-10-12-24(13-11-23)44-21(2)37)30(41)34-25(15-17-45(4)43)29(40)35-27(19-22-8-6-5-7-9-22)31(42)36(3)16-14-28(38)39/h5-13,25-27H,14-19H2,1-4H3,(H2,32,33)(H,34,41)(H,35,40)(H,38,39)/t25-,26-,27-,45?/m0/s1. The lowest BCUT2D eigenvalue weighted by Crippen LogP contribution is -2.56. The number of nitrogens with one attached hydrogen (secondary N) is 2. The molecule has 0 saturated carbocycles. The molecule has 0 saturated heterocycles. The van der Waals surface area contributed by atoms with Crippen LogP contribution < -0.4 is 21.1 Å². The minimum atomic E-state index is -1.29. The second-order valence-electron chi connectivity index (χ2n) is 10.5. The first kappa shape index (κ1) is 36.6. The van der Waals surface area contributed by atoms with Crippen molar-refractivity contribution in [3.8, 4) is 5.75 Å². The van der Waals surface area contributed by atoms with Crippen molar-refractivity contribution in [3.63, 3.8) is 0 Å². The number of nitrogens with two attached hydrogens (primary N) is 1. The summed E-state index contributed by atoms with van der Waals surface area (Å²) < 4.78 is 17.0. The summed E-state index contributed by atoms with van der Waals surface area (Å²) in [5.74, 6) is -2.77. The van der Waals surface area contributed by atoms with E-state index in [-0.39, 0.29) is 43.8 Å². The molecule has 0 aliphatic rings. The zero-order chi connectivity index (χ0) is 33.5. The highest BCUT2D eigenvalue weighted by Gasteiger charge is 2.30. The number of likely N-dealkylation sites (N-methyl/N-ethyl adjacent to an activating group) is 1.